The molecule has 7 heteroatoms. The number of carbonyl (C=O) groups is 2. The minimum Gasteiger partial charge on any atom is -0.358 e. The third-order valence-corrected chi connectivity index (χ3v) is 4.44. The first-order chi connectivity index (χ1) is 9.49. The molecule has 1 N–H and O–H groups in total. The van der Waals surface area contributed by atoms with Crippen LogP contribution in [-0.2, 0) is 16.1 Å². The van der Waals surface area contributed by atoms with Crippen LogP contribution in [-0.4, -0.2) is 59.8 Å². The zero-order chi connectivity index (χ0) is 14.7. The van der Waals surface area contributed by atoms with E-state index >= 15 is 0 Å². The second-order valence-corrected chi connectivity index (χ2v) is 6.23. The number of hydrogen-bond acceptors (Lipinski definition) is 5. The minimum atomic E-state index is -0.124. The summed E-state index contributed by atoms with van der Waals surface area (Å²) in [5, 5.41) is 3.60. The van der Waals surface area contributed by atoms with Crippen molar-refractivity contribution in [3.63, 3.8) is 0 Å². The van der Waals surface area contributed by atoms with Crippen molar-refractivity contribution in [2.75, 3.05) is 33.2 Å². The Morgan fingerprint density at radius 3 is 2.70 bits per heavy atom. The number of likely N-dealkylation sites (N-methyl/N-ethyl adjacent to an activating group) is 1. The topological polar surface area (TPSA) is 65.5 Å². The first kappa shape index (κ1) is 14.9. The Hall–Kier alpha value is -1.47. The van der Waals surface area contributed by atoms with Crippen LogP contribution >= 0.6 is 11.3 Å². The van der Waals surface area contributed by atoms with Gasteiger partial charge in [0.2, 0.25) is 11.8 Å². The monoisotopic (exact) mass is 296 g/mol. The van der Waals surface area contributed by atoms with Crippen molar-refractivity contribution in [2.24, 2.45) is 0 Å². The average molecular weight is 296 g/mol. The van der Waals surface area contributed by atoms with Crippen LogP contribution in [0.15, 0.2) is 0 Å². The van der Waals surface area contributed by atoms with Crippen LogP contribution in [0.5, 0.6) is 0 Å². The minimum absolute atomic E-state index is 0.0127. The molecule has 1 aliphatic rings. The van der Waals surface area contributed by atoms with Crippen LogP contribution < -0.4 is 5.32 Å². The molecular weight excluding hydrogens is 276 g/mol. The number of hydrogen-bond donors (Lipinski definition) is 1. The molecule has 2 amide bonds. The first-order valence-electron chi connectivity index (χ1n) is 6.63. The fourth-order valence-electron chi connectivity index (χ4n) is 2.24. The molecule has 1 aromatic rings. The van der Waals surface area contributed by atoms with Crippen LogP contribution in [0, 0.1) is 13.8 Å². The lowest BCUT2D eigenvalue weighted by atomic mass is 10.2. The van der Waals surface area contributed by atoms with E-state index in [1.165, 1.54) is 4.88 Å². The number of nitrogens with zero attached hydrogens (tertiary/aromatic N) is 3. The van der Waals surface area contributed by atoms with Crippen molar-refractivity contribution >= 4 is 23.2 Å². The van der Waals surface area contributed by atoms with Crippen molar-refractivity contribution in [3.05, 3.63) is 15.6 Å². The van der Waals surface area contributed by atoms with Gasteiger partial charge in [0.15, 0.2) is 0 Å². The molecule has 2 rings (SSSR count). The largest absolute Gasteiger partial charge is 0.358 e. The van der Waals surface area contributed by atoms with Gasteiger partial charge >= 0.3 is 0 Å². The highest BCUT2D eigenvalue weighted by Gasteiger charge is 2.25. The summed E-state index contributed by atoms with van der Waals surface area (Å²) in [6, 6.07) is 0. The van der Waals surface area contributed by atoms with Crippen LogP contribution in [0.3, 0.4) is 0 Å². The molecule has 1 aliphatic heterocycles. The Morgan fingerprint density at radius 1 is 1.40 bits per heavy atom. The van der Waals surface area contributed by atoms with Crippen LogP contribution in [0.2, 0.25) is 0 Å². The highest BCUT2D eigenvalue weighted by atomic mass is 32.1. The van der Waals surface area contributed by atoms with Gasteiger partial charge in [-0.05, 0) is 13.8 Å². The van der Waals surface area contributed by atoms with E-state index in [1.807, 2.05) is 13.8 Å². The summed E-state index contributed by atoms with van der Waals surface area (Å²) in [6.45, 7) is 6.67. The molecule has 2 heterocycles. The highest BCUT2D eigenvalue weighted by Crippen LogP contribution is 2.20. The molecule has 0 atom stereocenters. The van der Waals surface area contributed by atoms with Crippen molar-refractivity contribution in [1.82, 2.24) is 20.1 Å². The maximum absolute atomic E-state index is 12.0. The molecule has 0 aliphatic carbocycles. The van der Waals surface area contributed by atoms with Crippen LogP contribution in [0.1, 0.15) is 15.6 Å². The number of aryl methyl sites for hydroxylation is 2. The molecule has 0 saturated carbocycles. The summed E-state index contributed by atoms with van der Waals surface area (Å²) in [4.78, 5) is 32.7. The van der Waals surface area contributed by atoms with Gasteiger partial charge in [-0.3, -0.25) is 14.5 Å². The van der Waals surface area contributed by atoms with Gasteiger partial charge in [0.1, 0.15) is 0 Å². The van der Waals surface area contributed by atoms with Crippen molar-refractivity contribution in [2.45, 2.75) is 20.4 Å². The zero-order valence-electron chi connectivity index (χ0n) is 12.1. The summed E-state index contributed by atoms with van der Waals surface area (Å²) >= 11 is 1.68. The lowest BCUT2D eigenvalue weighted by molar-refractivity contribution is -0.140. The highest BCUT2D eigenvalue weighted by molar-refractivity contribution is 7.11. The van der Waals surface area contributed by atoms with Gasteiger partial charge in [0.05, 0.1) is 23.8 Å². The fraction of sp³-hybridized carbons (Fsp3) is 0.615. The lowest BCUT2D eigenvalue weighted by Crippen LogP contribution is -2.52. The summed E-state index contributed by atoms with van der Waals surface area (Å²) in [5.41, 5.74) is 1.05. The number of piperazine rings is 1. The van der Waals surface area contributed by atoms with Crippen molar-refractivity contribution in [3.8, 4) is 0 Å². The fourth-order valence-corrected chi connectivity index (χ4v) is 3.21. The van der Waals surface area contributed by atoms with E-state index < -0.39 is 0 Å². The number of rotatable bonds is 4. The van der Waals surface area contributed by atoms with E-state index in [2.05, 4.69) is 15.2 Å². The smallest absolute Gasteiger partial charge is 0.239 e. The molecular formula is C13H20N4O2S. The number of carbonyl (C=O) groups excluding carboxylic acids is 2. The molecule has 6 nitrogen and oxygen atoms in total. The molecule has 1 fully saturated rings. The summed E-state index contributed by atoms with van der Waals surface area (Å²) in [7, 11) is 1.58. The molecule has 20 heavy (non-hydrogen) atoms. The average Bonchev–Trinajstić information content (AvgIpc) is 2.71. The van der Waals surface area contributed by atoms with Crippen LogP contribution in [0.25, 0.3) is 0 Å². The van der Waals surface area contributed by atoms with E-state index in [0.717, 1.165) is 23.8 Å². The van der Waals surface area contributed by atoms with Gasteiger partial charge in [0, 0.05) is 31.6 Å². The Bertz CT molecular complexity index is 514. The second-order valence-electron chi connectivity index (χ2n) is 4.94. The Kier molecular flexibility index (Phi) is 4.72. The van der Waals surface area contributed by atoms with Gasteiger partial charge in [-0.15, -0.1) is 11.3 Å². The normalized spacial score (nSPS) is 16.6. The third kappa shape index (κ3) is 3.55. The number of aromatic nitrogens is 1. The summed E-state index contributed by atoms with van der Waals surface area (Å²) < 4.78 is 0. The molecule has 110 valence electrons. The Labute approximate surface area is 122 Å². The van der Waals surface area contributed by atoms with E-state index in [-0.39, 0.29) is 18.4 Å². The summed E-state index contributed by atoms with van der Waals surface area (Å²) in [6.07, 6.45) is 0. The van der Waals surface area contributed by atoms with Crippen molar-refractivity contribution in [1.29, 1.82) is 0 Å². The van der Waals surface area contributed by atoms with E-state index in [1.54, 1.807) is 23.3 Å². The van der Waals surface area contributed by atoms with Gasteiger partial charge in [0.25, 0.3) is 0 Å². The maximum atomic E-state index is 12.0. The standard InChI is InChI=1S/C13H20N4O2S/c1-9-11(20-10(2)15-9)6-16-4-5-17(13(19)8-16)7-12(18)14-3/h4-8H2,1-3H3,(H,14,18). The van der Waals surface area contributed by atoms with E-state index in [0.29, 0.717) is 13.1 Å². The Balaban J connectivity index is 1.91. The van der Waals surface area contributed by atoms with Crippen molar-refractivity contribution < 1.29 is 9.59 Å². The van der Waals surface area contributed by atoms with Gasteiger partial charge < -0.3 is 10.2 Å². The molecule has 0 aromatic carbocycles. The number of nitrogens with one attached hydrogen (secondary N) is 1. The first-order valence-corrected chi connectivity index (χ1v) is 7.45. The predicted octanol–water partition coefficient (Wildman–Crippen LogP) is 0.150. The van der Waals surface area contributed by atoms with Crippen LogP contribution in [0.4, 0.5) is 0 Å². The number of thiazole rings is 1. The molecule has 0 spiro atoms. The molecule has 0 radical (unpaired) electrons. The van der Waals surface area contributed by atoms with E-state index in [4.69, 9.17) is 0 Å². The second kappa shape index (κ2) is 6.32. The van der Waals surface area contributed by atoms with E-state index in [9.17, 15) is 9.59 Å². The lowest BCUT2D eigenvalue weighted by Gasteiger charge is -2.33. The Morgan fingerprint density at radius 2 is 2.15 bits per heavy atom. The maximum Gasteiger partial charge on any atom is 0.239 e. The number of amides is 2. The summed E-state index contributed by atoms with van der Waals surface area (Å²) in [5.74, 6) is -0.112. The third-order valence-electron chi connectivity index (χ3n) is 3.38. The SMILES string of the molecule is CNC(=O)CN1CCN(Cc2sc(C)nc2C)CC1=O. The zero-order valence-corrected chi connectivity index (χ0v) is 12.9. The van der Waals surface area contributed by atoms with Gasteiger partial charge in [-0.25, -0.2) is 4.98 Å². The van der Waals surface area contributed by atoms with Gasteiger partial charge in [-0.1, -0.05) is 0 Å². The molecule has 0 unspecified atom stereocenters. The quantitative estimate of drug-likeness (QED) is 0.859. The predicted molar refractivity (Wildman–Crippen MR) is 77.5 cm³/mol. The van der Waals surface area contributed by atoms with Gasteiger partial charge in [-0.2, -0.15) is 0 Å². The molecule has 1 saturated heterocycles. The molecule has 0 bridgehead atoms. The molecule has 1 aromatic heterocycles.